The van der Waals surface area contributed by atoms with Gasteiger partial charge in [0.1, 0.15) is 0 Å². The Morgan fingerprint density at radius 2 is 2.06 bits per heavy atom. The van der Waals surface area contributed by atoms with Gasteiger partial charge < -0.3 is 5.11 Å². The summed E-state index contributed by atoms with van der Waals surface area (Å²) in [6.07, 6.45) is 1.43. The number of anilines is 1. The fourth-order valence-corrected chi connectivity index (χ4v) is 1.28. The van der Waals surface area contributed by atoms with Crippen molar-refractivity contribution in [3.8, 4) is 0 Å². The van der Waals surface area contributed by atoms with E-state index >= 15 is 0 Å². The van der Waals surface area contributed by atoms with Gasteiger partial charge >= 0.3 is 0 Å². The van der Waals surface area contributed by atoms with Gasteiger partial charge in [0.25, 0.3) is 0 Å². The highest BCUT2D eigenvalue weighted by atomic mass is 16.3. The lowest BCUT2D eigenvalue weighted by molar-refractivity contribution is -0.120. The van der Waals surface area contributed by atoms with Gasteiger partial charge in [0.05, 0.1) is 11.8 Å². The molecule has 0 saturated carbocycles. The number of aliphatic hydroxyl groups excluding tert-OH is 1. The Hall–Kier alpha value is -1.55. The number of amides is 1. The fourth-order valence-electron chi connectivity index (χ4n) is 1.28. The molecule has 0 aliphatic carbocycles. The van der Waals surface area contributed by atoms with E-state index < -0.39 is 0 Å². The van der Waals surface area contributed by atoms with Gasteiger partial charge in [-0.15, -0.1) is 0 Å². The minimum Gasteiger partial charge on any atom is -0.393 e. The third-order valence-electron chi connectivity index (χ3n) is 2.15. The lowest BCUT2D eigenvalue weighted by Gasteiger charge is -2.08. The molecule has 1 atom stereocenters. The SMILES string of the molecule is C[C@H](O)CCCC(=O)NNc1ccccc1. The van der Waals surface area contributed by atoms with Gasteiger partial charge in [-0.1, -0.05) is 18.2 Å². The smallest absolute Gasteiger partial charge is 0.238 e. The van der Waals surface area contributed by atoms with Crippen LogP contribution in [0.25, 0.3) is 0 Å². The number of nitrogens with one attached hydrogen (secondary N) is 2. The van der Waals surface area contributed by atoms with Gasteiger partial charge in [0, 0.05) is 6.42 Å². The number of para-hydroxylation sites is 1. The summed E-state index contributed by atoms with van der Waals surface area (Å²) >= 11 is 0. The Kier molecular flexibility index (Phi) is 5.36. The Bertz CT molecular complexity index is 312. The molecule has 0 fully saturated rings. The minimum atomic E-state index is -0.338. The molecule has 0 spiro atoms. The minimum absolute atomic E-state index is 0.0653. The van der Waals surface area contributed by atoms with Gasteiger partial charge in [-0.25, -0.2) is 0 Å². The molecule has 0 radical (unpaired) electrons. The molecule has 0 aromatic heterocycles. The number of carbonyl (C=O) groups is 1. The van der Waals surface area contributed by atoms with Crippen LogP contribution in [0.5, 0.6) is 0 Å². The van der Waals surface area contributed by atoms with E-state index in [9.17, 15) is 4.79 Å². The van der Waals surface area contributed by atoms with Gasteiger partial charge in [-0.05, 0) is 31.9 Å². The number of hydrazine groups is 1. The largest absolute Gasteiger partial charge is 0.393 e. The van der Waals surface area contributed by atoms with E-state index in [0.29, 0.717) is 19.3 Å². The second kappa shape index (κ2) is 6.85. The molecule has 0 saturated heterocycles. The third-order valence-corrected chi connectivity index (χ3v) is 2.15. The summed E-state index contributed by atoms with van der Waals surface area (Å²) in [6, 6.07) is 9.44. The van der Waals surface area contributed by atoms with Crippen LogP contribution in [0.1, 0.15) is 26.2 Å². The van der Waals surface area contributed by atoms with Gasteiger partial charge in [-0.3, -0.25) is 15.6 Å². The summed E-state index contributed by atoms with van der Waals surface area (Å²) in [4.78, 5) is 11.3. The molecule has 88 valence electrons. The number of rotatable bonds is 6. The molecule has 0 bridgehead atoms. The van der Waals surface area contributed by atoms with Gasteiger partial charge in [-0.2, -0.15) is 0 Å². The van der Waals surface area contributed by atoms with Crippen LogP contribution >= 0.6 is 0 Å². The Balaban J connectivity index is 2.16. The van der Waals surface area contributed by atoms with E-state index in [-0.39, 0.29) is 12.0 Å². The Morgan fingerprint density at radius 3 is 2.69 bits per heavy atom. The molecule has 0 heterocycles. The summed E-state index contributed by atoms with van der Waals surface area (Å²) in [5.74, 6) is -0.0653. The zero-order chi connectivity index (χ0) is 11.8. The molecule has 3 N–H and O–H groups in total. The predicted octanol–water partition coefficient (Wildman–Crippen LogP) is 1.68. The van der Waals surface area contributed by atoms with Crippen LogP contribution in [-0.4, -0.2) is 17.1 Å². The van der Waals surface area contributed by atoms with E-state index in [0.717, 1.165) is 5.69 Å². The van der Waals surface area contributed by atoms with Crippen molar-refractivity contribution < 1.29 is 9.90 Å². The summed E-state index contributed by atoms with van der Waals surface area (Å²) in [6.45, 7) is 1.72. The fraction of sp³-hybridized carbons (Fsp3) is 0.417. The summed E-state index contributed by atoms with van der Waals surface area (Å²) in [7, 11) is 0. The molecule has 4 nitrogen and oxygen atoms in total. The number of aliphatic hydroxyl groups is 1. The maximum atomic E-state index is 11.3. The Labute approximate surface area is 95.6 Å². The van der Waals surface area contributed by atoms with Crippen molar-refractivity contribution in [2.24, 2.45) is 0 Å². The van der Waals surface area contributed by atoms with E-state index in [1.165, 1.54) is 0 Å². The van der Waals surface area contributed by atoms with Crippen LogP contribution in [0.3, 0.4) is 0 Å². The van der Waals surface area contributed by atoms with Crippen LogP contribution in [0.15, 0.2) is 30.3 Å². The molecule has 1 aromatic carbocycles. The average molecular weight is 222 g/mol. The first-order chi connectivity index (χ1) is 7.68. The van der Waals surface area contributed by atoms with Crippen molar-refractivity contribution >= 4 is 11.6 Å². The Morgan fingerprint density at radius 1 is 1.38 bits per heavy atom. The lowest BCUT2D eigenvalue weighted by atomic mass is 10.2. The highest BCUT2D eigenvalue weighted by molar-refractivity contribution is 5.77. The molecular weight excluding hydrogens is 204 g/mol. The van der Waals surface area contributed by atoms with Crippen LogP contribution in [0, 0.1) is 0 Å². The highest BCUT2D eigenvalue weighted by Crippen LogP contribution is 2.03. The maximum Gasteiger partial charge on any atom is 0.238 e. The summed E-state index contributed by atoms with van der Waals surface area (Å²) in [5.41, 5.74) is 6.28. The summed E-state index contributed by atoms with van der Waals surface area (Å²) in [5, 5.41) is 9.03. The second-order valence-electron chi connectivity index (χ2n) is 3.78. The molecule has 4 heteroatoms. The van der Waals surface area contributed by atoms with Crippen LogP contribution in [0.2, 0.25) is 0 Å². The van der Waals surface area contributed by atoms with E-state index in [1.807, 2.05) is 30.3 Å². The molecule has 0 unspecified atom stereocenters. The first-order valence-electron chi connectivity index (χ1n) is 5.46. The van der Waals surface area contributed by atoms with Crippen LogP contribution < -0.4 is 10.9 Å². The third kappa shape index (κ3) is 5.36. The monoisotopic (exact) mass is 222 g/mol. The van der Waals surface area contributed by atoms with Crippen molar-refractivity contribution in [2.45, 2.75) is 32.3 Å². The molecule has 1 amide bonds. The summed E-state index contributed by atoms with van der Waals surface area (Å²) < 4.78 is 0. The van der Waals surface area contributed by atoms with E-state index in [4.69, 9.17) is 5.11 Å². The molecule has 0 aliphatic heterocycles. The molecule has 16 heavy (non-hydrogen) atoms. The van der Waals surface area contributed by atoms with Gasteiger partial charge in [0.15, 0.2) is 0 Å². The van der Waals surface area contributed by atoms with Crippen molar-refractivity contribution in [3.05, 3.63) is 30.3 Å². The van der Waals surface area contributed by atoms with Crippen LogP contribution in [0.4, 0.5) is 5.69 Å². The average Bonchev–Trinajstić information content (AvgIpc) is 2.27. The van der Waals surface area contributed by atoms with Crippen molar-refractivity contribution in [1.29, 1.82) is 0 Å². The number of hydrogen-bond donors (Lipinski definition) is 3. The first-order valence-corrected chi connectivity index (χ1v) is 5.46. The van der Waals surface area contributed by atoms with Crippen molar-refractivity contribution in [3.63, 3.8) is 0 Å². The maximum absolute atomic E-state index is 11.3. The molecule has 1 aromatic rings. The van der Waals surface area contributed by atoms with Crippen LogP contribution in [-0.2, 0) is 4.79 Å². The highest BCUT2D eigenvalue weighted by Gasteiger charge is 2.02. The molecular formula is C12H18N2O2. The van der Waals surface area contributed by atoms with E-state index in [1.54, 1.807) is 6.92 Å². The molecule has 1 rings (SSSR count). The number of carbonyl (C=O) groups excluding carboxylic acids is 1. The zero-order valence-electron chi connectivity index (χ0n) is 9.44. The quantitative estimate of drug-likeness (QED) is 0.642. The van der Waals surface area contributed by atoms with Crippen molar-refractivity contribution in [1.82, 2.24) is 5.43 Å². The lowest BCUT2D eigenvalue weighted by Crippen LogP contribution is -2.29. The van der Waals surface area contributed by atoms with Gasteiger partial charge in [0.2, 0.25) is 5.91 Å². The normalized spacial score (nSPS) is 11.9. The number of hydrogen-bond acceptors (Lipinski definition) is 3. The van der Waals surface area contributed by atoms with Crippen molar-refractivity contribution in [2.75, 3.05) is 5.43 Å². The predicted molar refractivity (Wildman–Crippen MR) is 63.7 cm³/mol. The van der Waals surface area contributed by atoms with E-state index in [2.05, 4.69) is 10.9 Å². The second-order valence-corrected chi connectivity index (χ2v) is 3.78. The zero-order valence-corrected chi connectivity index (χ0v) is 9.44. The molecule has 0 aliphatic rings. The standard InChI is InChI=1S/C12H18N2O2/c1-10(15)6-5-9-12(16)14-13-11-7-3-2-4-8-11/h2-4,7-8,10,13,15H,5-6,9H2,1H3,(H,14,16)/t10-/m0/s1. The topological polar surface area (TPSA) is 61.4 Å². The first kappa shape index (κ1) is 12.5. The number of benzene rings is 1.